The second kappa shape index (κ2) is 17.2. The summed E-state index contributed by atoms with van der Waals surface area (Å²) >= 11 is 0. The standard InChI is InChI=1S/C62H69N3O/c1-37(2)44-29-45(38(3)4)31-46(30-44)42-21-24-55(39(5)27-42)65-56-18-16-17-52(57(56)64-59(65)53-36-50(61(10,11)12)28-40(6)58(53)66)47-32-48(34-51(33-47)62(13,14)15)54-35-43(25-26-63-54)41-19-22-49(23-20-41)60(7,8)9/h16-38,66H,1-15H3/i19D,20D,22D,23D,37D,38D. The average molecular weight is 878 g/mol. The van der Waals surface area contributed by atoms with Crippen molar-refractivity contribution < 1.29 is 13.3 Å². The highest BCUT2D eigenvalue weighted by molar-refractivity contribution is 5.97. The number of hydrogen-bond donors (Lipinski definition) is 1. The number of para-hydroxylation sites is 1. The fourth-order valence-electron chi connectivity index (χ4n) is 8.54. The van der Waals surface area contributed by atoms with Gasteiger partial charge in [0.25, 0.3) is 0 Å². The van der Waals surface area contributed by atoms with Crippen molar-refractivity contribution in [1.82, 2.24) is 14.5 Å². The first-order chi connectivity index (χ1) is 33.2. The fourth-order valence-corrected chi connectivity index (χ4v) is 8.54. The van der Waals surface area contributed by atoms with Gasteiger partial charge in [0.2, 0.25) is 0 Å². The molecule has 8 rings (SSSR count). The predicted octanol–water partition coefficient (Wildman–Crippen LogP) is 17.2. The molecule has 0 atom stereocenters. The van der Waals surface area contributed by atoms with Gasteiger partial charge < -0.3 is 5.11 Å². The summed E-state index contributed by atoms with van der Waals surface area (Å²) in [5, 5.41) is 12.0. The summed E-state index contributed by atoms with van der Waals surface area (Å²) in [5.41, 5.74) is 13.9. The van der Waals surface area contributed by atoms with E-state index >= 15 is 0 Å². The Morgan fingerprint density at radius 3 is 1.76 bits per heavy atom. The molecule has 0 saturated carbocycles. The Hall–Kier alpha value is -6.26. The molecular formula is C62H69N3O. The summed E-state index contributed by atoms with van der Waals surface area (Å²) in [5.74, 6) is -0.969. The van der Waals surface area contributed by atoms with E-state index in [1.165, 1.54) is 0 Å². The first-order valence-corrected chi connectivity index (χ1v) is 23.1. The lowest BCUT2D eigenvalue weighted by molar-refractivity contribution is 0.471. The molecule has 6 aromatic carbocycles. The van der Waals surface area contributed by atoms with Crippen LogP contribution < -0.4 is 0 Å². The van der Waals surface area contributed by atoms with Crippen molar-refractivity contribution in [2.24, 2.45) is 0 Å². The van der Waals surface area contributed by atoms with Gasteiger partial charge in [-0.2, -0.15) is 0 Å². The van der Waals surface area contributed by atoms with Crippen LogP contribution in [0.15, 0.2) is 127 Å². The van der Waals surface area contributed by atoms with Crippen LogP contribution in [0, 0.1) is 13.8 Å². The molecular weight excluding hydrogens is 803 g/mol. The van der Waals surface area contributed by atoms with Crippen molar-refractivity contribution in [2.45, 2.75) is 132 Å². The number of phenols is 1. The Kier molecular flexibility index (Phi) is 10.1. The molecule has 0 saturated heterocycles. The van der Waals surface area contributed by atoms with Gasteiger partial charge >= 0.3 is 0 Å². The van der Waals surface area contributed by atoms with Gasteiger partial charge in [-0.25, -0.2) is 4.98 Å². The molecule has 0 radical (unpaired) electrons. The Balaban J connectivity index is 1.37. The molecule has 8 aromatic rings. The van der Waals surface area contributed by atoms with E-state index in [0.29, 0.717) is 28.2 Å². The molecule has 0 amide bonds. The van der Waals surface area contributed by atoms with E-state index in [1.807, 2.05) is 79.7 Å². The van der Waals surface area contributed by atoms with Gasteiger partial charge in [-0.1, -0.05) is 163 Å². The van der Waals surface area contributed by atoms with Crippen molar-refractivity contribution in [2.75, 3.05) is 0 Å². The van der Waals surface area contributed by atoms with E-state index in [4.69, 9.17) is 18.2 Å². The molecule has 2 heterocycles. The molecule has 4 heteroatoms. The number of nitrogens with zero attached hydrogens (tertiary/aromatic N) is 3. The molecule has 1 N–H and O–H groups in total. The Bertz CT molecular complexity index is 3400. The van der Waals surface area contributed by atoms with Crippen LogP contribution in [0.3, 0.4) is 0 Å². The van der Waals surface area contributed by atoms with Gasteiger partial charge in [0.05, 0.1) is 33.5 Å². The number of imidazole rings is 1. The average Bonchev–Trinajstić information content (AvgIpc) is 3.66. The largest absolute Gasteiger partial charge is 0.507 e. The van der Waals surface area contributed by atoms with E-state index < -0.39 is 17.2 Å². The van der Waals surface area contributed by atoms with Crippen LogP contribution in [0.1, 0.15) is 149 Å². The van der Waals surface area contributed by atoms with Crippen molar-refractivity contribution in [1.29, 1.82) is 0 Å². The summed E-state index contributed by atoms with van der Waals surface area (Å²) < 4.78 is 56.0. The molecule has 4 nitrogen and oxygen atoms in total. The molecule has 0 fully saturated rings. The number of pyridine rings is 1. The smallest absolute Gasteiger partial charge is 0.149 e. The predicted molar refractivity (Wildman–Crippen MR) is 281 cm³/mol. The molecule has 0 aliphatic carbocycles. The van der Waals surface area contributed by atoms with Crippen LogP contribution in [0.2, 0.25) is 0 Å². The molecule has 2 aromatic heterocycles. The van der Waals surface area contributed by atoms with Gasteiger partial charge in [0.15, 0.2) is 0 Å². The Morgan fingerprint density at radius 2 is 1.15 bits per heavy atom. The van der Waals surface area contributed by atoms with Gasteiger partial charge in [-0.3, -0.25) is 9.55 Å². The molecule has 0 bridgehead atoms. The minimum Gasteiger partial charge on any atom is -0.507 e. The van der Waals surface area contributed by atoms with Crippen molar-refractivity contribution >= 4 is 11.0 Å². The third kappa shape index (κ3) is 9.12. The third-order valence-electron chi connectivity index (χ3n) is 12.8. The number of aryl methyl sites for hydroxylation is 2. The lowest BCUT2D eigenvalue weighted by Crippen LogP contribution is -2.12. The van der Waals surface area contributed by atoms with Crippen LogP contribution in [-0.4, -0.2) is 19.6 Å². The second-order valence-corrected chi connectivity index (χ2v) is 21.7. The highest BCUT2D eigenvalue weighted by atomic mass is 16.3. The van der Waals surface area contributed by atoms with Crippen LogP contribution in [0.25, 0.3) is 72.7 Å². The van der Waals surface area contributed by atoms with Crippen LogP contribution in [0.4, 0.5) is 0 Å². The number of fused-ring (bicyclic) bond motifs is 1. The van der Waals surface area contributed by atoms with Crippen LogP contribution >= 0.6 is 0 Å². The first kappa shape index (κ1) is 39.0. The first-order valence-electron chi connectivity index (χ1n) is 26.1. The fraction of sp³-hybridized carbons (Fsp3) is 0.323. The zero-order valence-electron chi connectivity index (χ0n) is 47.6. The molecule has 0 aliphatic rings. The van der Waals surface area contributed by atoms with Crippen LogP contribution in [0.5, 0.6) is 5.75 Å². The number of rotatable bonds is 8. The maximum absolute atomic E-state index is 12.0. The topological polar surface area (TPSA) is 50.9 Å². The molecule has 0 unspecified atom stereocenters. The van der Waals surface area contributed by atoms with Crippen molar-refractivity contribution in [3.8, 4) is 67.5 Å². The minimum absolute atomic E-state index is 0.0392. The second-order valence-electron chi connectivity index (χ2n) is 21.7. The lowest BCUT2D eigenvalue weighted by atomic mass is 9.83. The number of phenolic OH excluding ortho intramolecular Hbond substituents is 1. The molecule has 0 spiro atoms. The van der Waals surface area contributed by atoms with E-state index in [2.05, 4.69) is 120 Å². The highest BCUT2D eigenvalue weighted by Crippen LogP contribution is 2.43. The maximum Gasteiger partial charge on any atom is 0.149 e. The Morgan fingerprint density at radius 1 is 0.545 bits per heavy atom. The zero-order valence-corrected chi connectivity index (χ0v) is 41.6. The number of aromatic hydroxyl groups is 1. The Labute approximate surface area is 403 Å². The number of benzene rings is 6. The summed E-state index contributed by atoms with van der Waals surface area (Å²) in [4.78, 5) is 10.4. The number of hydrogen-bond acceptors (Lipinski definition) is 3. The van der Waals surface area contributed by atoms with Gasteiger partial charge in [-0.05, 0) is 157 Å². The van der Waals surface area contributed by atoms with Gasteiger partial charge in [-0.15, -0.1) is 0 Å². The minimum atomic E-state index is -0.861. The molecule has 338 valence electrons. The van der Waals surface area contributed by atoms with E-state index in [0.717, 1.165) is 77.9 Å². The summed E-state index contributed by atoms with van der Waals surface area (Å²) in [6, 6.07) is 32.6. The monoisotopic (exact) mass is 878 g/mol. The van der Waals surface area contributed by atoms with Crippen molar-refractivity contribution in [3.63, 3.8) is 0 Å². The number of aromatic nitrogens is 3. The summed E-state index contributed by atoms with van der Waals surface area (Å²) in [6.45, 7) is 30.3. The zero-order chi connectivity index (χ0) is 52.9. The van der Waals surface area contributed by atoms with E-state index in [1.54, 1.807) is 12.3 Å². The normalized spacial score (nSPS) is 14.1. The summed E-state index contributed by atoms with van der Waals surface area (Å²) in [7, 11) is 0. The van der Waals surface area contributed by atoms with Gasteiger partial charge in [0, 0.05) is 20.1 Å². The van der Waals surface area contributed by atoms with Crippen molar-refractivity contribution in [3.05, 3.63) is 166 Å². The summed E-state index contributed by atoms with van der Waals surface area (Å²) in [6.07, 6.45) is 1.67. The quantitative estimate of drug-likeness (QED) is 0.165. The van der Waals surface area contributed by atoms with Gasteiger partial charge in [0.1, 0.15) is 11.6 Å². The highest BCUT2D eigenvalue weighted by Gasteiger charge is 2.26. The maximum atomic E-state index is 12.0. The van der Waals surface area contributed by atoms with E-state index in [9.17, 15) is 5.11 Å². The van der Waals surface area contributed by atoms with E-state index in [-0.39, 0.29) is 46.3 Å². The third-order valence-corrected chi connectivity index (χ3v) is 12.8. The SMILES string of the molecule is [2H]c1c([2H])c(C(C)(C)C)c([2H])c([2H])c1-c1ccnc(-c2cc(-c3cccc4c3nc(-c3cc(C(C)(C)C)cc(C)c3O)n4-c3ccc(-c4cc(C([2H])(C)C)cc(C([2H])(C)C)c4)cc3C)cc(C(C)(C)C)c2)c1. The molecule has 66 heavy (non-hydrogen) atoms. The molecule has 0 aliphatic heterocycles. The lowest BCUT2D eigenvalue weighted by Gasteiger charge is -2.22. The van der Waals surface area contributed by atoms with Crippen LogP contribution in [-0.2, 0) is 16.2 Å².